The van der Waals surface area contributed by atoms with Crippen LogP contribution in [0.3, 0.4) is 0 Å². The molecule has 1 heterocycles. The molecule has 0 aromatic carbocycles. The number of halogens is 1. The van der Waals surface area contributed by atoms with Crippen molar-refractivity contribution in [3.8, 4) is 0 Å². The summed E-state index contributed by atoms with van der Waals surface area (Å²) in [5.74, 6) is -1.33. The Morgan fingerprint density at radius 2 is 1.72 bits per heavy atom. The van der Waals surface area contributed by atoms with E-state index in [0.717, 1.165) is 0 Å². The van der Waals surface area contributed by atoms with Gasteiger partial charge in [0, 0.05) is 0 Å². The number of amides is 2. The highest BCUT2D eigenvalue weighted by Crippen LogP contribution is 2.34. The van der Waals surface area contributed by atoms with Crippen LogP contribution in [0.25, 0.3) is 0 Å². The van der Waals surface area contributed by atoms with Crippen LogP contribution in [-0.4, -0.2) is 52.9 Å². The van der Waals surface area contributed by atoms with Gasteiger partial charge in [0.1, 0.15) is 11.6 Å². The first-order chi connectivity index (χ1) is 14.5. The Hall–Kier alpha value is -2.14. The normalized spacial score (nSPS) is 14.0. The Balaban J connectivity index is 3.05. The average molecular weight is 520 g/mol. The number of oxazole rings is 1. The van der Waals surface area contributed by atoms with E-state index in [1.54, 1.807) is 20.8 Å². The summed E-state index contributed by atoms with van der Waals surface area (Å²) in [7, 11) is 0. The molecule has 10 nitrogen and oxygen atoms in total. The third-order valence-corrected chi connectivity index (χ3v) is 4.46. The summed E-state index contributed by atoms with van der Waals surface area (Å²) < 4.78 is 16.0. The van der Waals surface area contributed by atoms with E-state index >= 15 is 0 Å². The third-order valence-electron chi connectivity index (χ3n) is 3.92. The van der Waals surface area contributed by atoms with Crippen LogP contribution in [0.15, 0.2) is 9.09 Å². The molecule has 0 aliphatic carbocycles. The van der Waals surface area contributed by atoms with Crippen molar-refractivity contribution in [3.05, 3.63) is 16.3 Å². The number of alkyl carbamates (subject to hydrolysis) is 1. The summed E-state index contributed by atoms with van der Waals surface area (Å²) in [6.45, 7) is 14.1. The van der Waals surface area contributed by atoms with E-state index in [-0.39, 0.29) is 28.8 Å². The highest BCUT2D eigenvalue weighted by Gasteiger charge is 2.35. The fourth-order valence-electron chi connectivity index (χ4n) is 2.41. The van der Waals surface area contributed by atoms with E-state index < -0.39 is 47.7 Å². The van der Waals surface area contributed by atoms with Crippen molar-refractivity contribution in [2.24, 2.45) is 11.3 Å². The van der Waals surface area contributed by atoms with Crippen LogP contribution in [0.2, 0.25) is 0 Å². The predicted octanol–water partition coefficient (Wildman–Crippen LogP) is 3.34. The molecule has 182 valence electrons. The SMILES string of the molecule is CC(C)COC(=O)[C@H](CO)NC(=O)c1nc([C@@H](NC(=O)OC(C)(C)C)C(C)(C)C)oc1Br. The molecule has 2 amide bonds. The number of esters is 1. The number of nitrogens with zero attached hydrogens (tertiary/aromatic N) is 1. The van der Waals surface area contributed by atoms with Crippen LogP contribution in [0.5, 0.6) is 0 Å². The lowest BCUT2D eigenvalue weighted by atomic mass is 9.86. The fourth-order valence-corrected chi connectivity index (χ4v) is 2.84. The minimum atomic E-state index is -1.26. The molecule has 0 aliphatic heterocycles. The van der Waals surface area contributed by atoms with Gasteiger partial charge in [0.2, 0.25) is 10.6 Å². The first kappa shape index (κ1) is 27.9. The first-order valence-electron chi connectivity index (χ1n) is 10.3. The molecule has 0 bridgehead atoms. The van der Waals surface area contributed by atoms with E-state index in [1.807, 2.05) is 34.6 Å². The molecule has 0 spiro atoms. The van der Waals surface area contributed by atoms with Gasteiger partial charge in [-0.3, -0.25) is 4.79 Å². The smallest absolute Gasteiger partial charge is 0.408 e. The number of aromatic nitrogens is 1. The van der Waals surface area contributed by atoms with Crippen molar-refractivity contribution in [3.63, 3.8) is 0 Å². The molecule has 0 aliphatic rings. The Kier molecular flexibility index (Phi) is 9.70. The van der Waals surface area contributed by atoms with Gasteiger partial charge in [0.25, 0.3) is 5.91 Å². The molecule has 0 saturated carbocycles. The first-order valence-corrected chi connectivity index (χ1v) is 11.1. The third kappa shape index (κ3) is 8.78. The molecule has 1 rings (SSSR count). The number of aliphatic hydroxyl groups excluding tert-OH is 1. The van der Waals surface area contributed by atoms with Crippen LogP contribution < -0.4 is 10.6 Å². The van der Waals surface area contributed by atoms with Crippen molar-refractivity contribution in [1.82, 2.24) is 15.6 Å². The number of carbonyl (C=O) groups is 3. The summed E-state index contributed by atoms with van der Waals surface area (Å²) in [5, 5.41) is 14.6. The lowest BCUT2D eigenvalue weighted by molar-refractivity contribution is -0.148. The van der Waals surface area contributed by atoms with Crippen LogP contribution in [-0.2, 0) is 14.3 Å². The van der Waals surface area contributed by atoms with Crippen LogP contribution in [0, 0.1) is 11.3 Å². The van der Waals surface area contributed by atoms with Crippen LogP contribution >= 0.6 is 15.9 Å². The summed E-state index contributed by atoms with van der Waals surface area (Å²) in [6.07, 6.45) is -0.661. The van der Waals surface area contributed by atoms with Crippen LogP contribution in [0.1, 0.15) is 77.8 Å². The Morgan fingerprint density at radius 3 is 2.19 bits per heavy atom. The highest BCUT2D eigenvalue weighted by atomic mass is 79.9. The van der Waals surface area contributed by atoms with Gasteiger partial charge in [0.15, 0.2) is 11.7 Å². The number of carbonyl (C=O) groups excluding carboxylic acids is 3. The maximum atomic E-state index is 12.7. The molecule has 0 unspecified atom stereocenters. The Bertz CT molecular complexity index is 809. The van der Waals surface area contributed by atoms with Gasteiger partial charge in [-0.2, -0.15) is 0 Å². The van der Waals surface area contributed by atoms with E-state index in [2.05, 4.69) is 31.5 Å². The maximum absolute atomic E-state index is 12.7. The number of hydrogen-bond acceptors (Lipinski definition) is 8. The number of rotatable bonds is 8. The molecule has 2 atom stereocenters. The monoisotopic (exact) mass is 519 g/mol. The molecule has 32 heavy (non-hydrogen) atoms. The van der Waals surface area contributed by atoms with Gasteiger partial charge in [-0.15, -0.1) is 0 Å². The second-order valence-electron chi connectivity index (χ2n) is 9.85. The zero-order valence-corrected chi connectivity index (χ0v) is 21.5. The lowest BCUT2D eigenvalue weighted by Crippen LogP contribution is -2.45. The maximum Gasteiger partial charge on any atom is 0.408 e. The van der Waals surface area contributed by atoms with Gasteiger partial charge < -0.3 is 29.6 Å². The van der Waals surface area contributed by atoms with E-state index in [0.29, 0.717) is 0 Å². The molecular formula is C21H34BrN3O7. The molecular weight excluding hydrogens is 486 g/mol. The molecule has 0 radical (unpaired) electrons. The molecule has 1 aromatic rings. The molecule has 0 saturated heterocycles. The lowest BCUT2D eigenvalue weighted by Gasteiger charge is -2.30. The molecule has 1 aromatic heterocycles. The Morgan fingerprint density at radius 1 is 1.12 bits per heavy atom. The number of aliphatic hydroxyl groups is 1. The fraction of sp³-hybridized carbons (Fsp3) is 0.714. The van der Waals surface area contributed by atoms with Gasteiger partial charge in [-0.1, -0.05) is 34.6 Å². The second kappa shape index (κ2) is 11.1. The van der Waals surface area contributed by atoms with Crippen molar-refractivity contribution >= 4 is 33.9 Å². The van der Waals surface area contributed by atoms with E-state index in [4.69, 9.17) is 13.9 Å². The highest BCUT2D eigenvalue weighted by molar-refractivity contribution is 9.10. The van der Waals surface area contributed by atoms with Crippen molar-refractivity contribution in [1.29, 1.82) is 0 Å². The summed E-state index contributed by atoms with van der Waals surface area (Å²) >= 11 is 3.15. The molecule has 0 fully saturated rings. The zero-order valence-electron chi connectivity index (χ0n) is 19.9. The number of nitrogens with one attached hydrogen (secondary N) is 2. The Labute approximate surface area is 196 Å². The topological polar surface area (TPSA) is 140 Å². The average Bonchev–Trinajstić information content (AvgIpc) is 3.00. The number of hydrogen-bond donors (Lipinski definition) is 3. The van der Waals surface area contributed by atoms with Gasteiger partial charge in [-0.25, -0.2) is 14.6 Å². The van der Waals surface area contributed by atoms with E-state index in [9.17, 15) is 19.5 Å². The quantitative estimate of drug-likeness (QED) is 0.444. The van der Waals surface area contributed by atoms with Gasteiger partial charge in [0.05, 0.1) is 13.2 Å². The minimum Gasteiger partial charge on any atom is -0.464 e. The van der Waals surface area contributed by atoms with Crippen molar-refractivity contribution in [2.75, 3.05) is 13.2 Å². The molecule has 11 heteroatoms. The summed E-state index contributed by atoms with van der Waals surface area (Å²) in [6, 6.07) is -1.98. The predicted molar refractivity (Wildman–Crippen MR) is 120 cm³/mol. The summed E-state index contributed by atoms with van der Waals surface area (Å²) in [4.78, 5) is 41.3. The standard InChI is InChI=1S/C21H34BrN3O7/c1-11(2)10-30-18(28)12(9-26)23-16(27)13-15(22)31-17(24-13)14(20(3,4)5)25-19(29)32-21(6,7)8/h11-12,14,26H,9-10H2,1-8H3,(H,23,27)(H,25,29)/t12-,14+/m0/s1. The number of ether oxygens (including phenoxy) is 2. The second-order valence-corrected chi connectivity index (χ2v) is 10.6. The van der Waals surface area contributed by atoms with Gasteiger partial charge >= 0.3 is 12.1 Å². The zero-order chi connectivity index (χ0) is 24.9. The van der Waals surface area contributed by atoms with Crippen LogP contribution in [0.4, 0.5) is 4.79 Å². The minimum absolute atomic E-state index is 0.0116. The largest absolute Gasteiger partial charge is 0.464 e. The van der Waals surface area contributed by atoms with Crippen molar-refractivity contribution in [2.45, 2.75) is 73.1 Å². The van der Waals surface area contributed by atoms with Crippen molar-refractivity contribution < 1.29 is 33.4 Å². The van der Waals surface area contributed by atoms with Gasteiger partial charge in [-0.05, 0) is 48.0 Å². The van der Waals surface area contributed by atoms with E-state index in [1.165, 1.54) is 0 Å². The summed E-state index contributed by atoms with van der Waals surface area (Å²) in [5.41, 5.74) is -1.38. The molecule has 3 N–H and O–H groups in total.